The van der Waals surface area contributed by atoms with E-state index in [4.69, 9.17) is 0 Å². The molecular weight excluding hydrogens is 460 g/mol. The Labute approximate surface area is 181 Å². The average Bonchev–Trinajstić information content (AvgIpc) is 3.32. The van der Waals surface area contributed by atoms with Gasteiger partial charge in [0.1, 0.15) is 16.4 Å². The highest BCUT2D eigenvalue weighted by molar-refractivity contribution is 7.15. The van der Waals surface area contributed by atoms with Crippen molar-refractivity contribution in [3.05, 3.63) is 52.0 Å². The molecule has 1 aliphatic rings. The third kappa shape index (κ3) is 4.33. The van der Waals surface area contributed by atoms with Crippen molar-refractivity contribution >= 4 is 17.2 Å². The number of aromatic nitrogens is 4. The van der Waals surface area contributed by atoms with E-state index in [0.29, 0.717) is 40.9 Å². The molecule has 1 amide bonds. The van der Waals surface area contributed by atoms with Gasteiger partial charge in [-0.05, 0) is 31.4 Å². The molecule has 1 aliphatic carbocycles. The van der Waals surface area contributed by atoms with Crippen LogP contribution >= 0.6 is 11.3 Å². The average molecular weight is 475 g/mol. The van der Waals surface area contributed by atoms with Crippen molar-refractivity contribution in [1.29, 1.82) is 0 Å². The lowest BCUT2D eigenvalue weighted by atomic mass is 9.98. The number of fused-ring (bicyclic) bond motifs is 1. The molecule has 32 heavy (non-hydrogen) atoms. The summed E-state index contributed by atoms with van der Waals surface area (Å²) in [6.07, 6.45) is -6.46. The number of amides is 1. The molecule has 1 N–H and O–H groups in total. The lowest BCUT2D eigenvalue weighted by molar-refractivity contribution is -0.142. The first-order valence-corrected chi connectivity index (χ1v) is 10.2. The maximum atomic E-state index is 13.0. The molecule has 0 bridgehead atoms. The second kappa shape index (κ2) is 7.87. The second-order valence-corrected chi connectivity index (χ2v) is 8.24. The van der Waals surface area contributed by atoms with E-state index in [1.54, 1.807) is 0 Å². The standard InChI is InChI=1S/C19H15F6N5OS/c1-30-12(8-14(29-30)19(23,24)25)16(31)27-10-3-2-4-11-15(10)32-17(28-11)9-5-6-26-13(7-9)18(20,21)22/h5-8,10H,2-4H2,1H3,(H,27,31)/t10-/m0/s1. The van der Waals surface area contributed by atoms with E-state index in [0.717, 1.165) is 28.3 Å². The predicted molar refractivity (Wildman–Crippen MR) is 102 cm³/mol. The van der Waals surface area contributed by atoms with Crippen molar-refractivity contribution in [1.82, 2.24) is 25.1 Å². The van der Waals surface area contributed by atoms with Gasteiger partial charge in [-0.2, -0.15) is 31.4 Å². The molecule has 0 spiro atoms. The Kier molecular flexibility index (Phi) is 5.47. The molecule has 0 fully saturated rings. The van der Waals surface area contributed by atoms with E-state index in [-0.39, 0.29) is 11.3 Å². The first kappa shape index (κ1) is 22.2. The fourth-order valence-corrected chi connectivity index (χ4v) is 4.64. The Bertz CT molecular complexity index is 1170. The van der Waals surface area contributed by atoms with Gasteiger partial charge in [-0.3, -0.25) is 14.5 Å². The molecule has 4 rings (SSSR count). The lowest BCUT2D eigenvalue weighted by Gasteiger charge is -2.22. The number of thiazole rings is 1. The van der Waals surface area contributed by atoms with Crippen molar-refractivity contribution < 1.29 is 31.1 Å². The third-order valence-corrected chi connectivity index (χ3v) is 6.22. The van der Waals surface area contributed by atoms with Gasteiger partial charge < -0.3 is 5.32 Å². The quantitative estimate of drug-likeness (QED) is 0.554. The molecule has 0 radical (unpaired) electrons. The number of rotatable bonds is 3. The highest BCUT2D eigenvalue weighted by atomic mass is 32.1. The van der Waals surface area contributed by atoms with Crippen LogP contribution in [-0.4, -0.2) is 25.7 Å². The highest BCUT2D eigenvalue weighted by Gasteiger charge is 2.36. The maximum absolute atomic E-state index is 13.0. The second-order valence-electron chi connectivity index (χ2n) is 7.21. The molecule has 0 aliphatic heterocycles. The first-order chi connectivity index (χ1) is 14.9. The number of nitrogens with one attached hydrogen (secondary N) is 1. The molecule has 3 heterocycles. The van der Waals surface area contributed by atoms with Crippen molar-refractivity contribution in [2.45, 2.75) is 37.7 Å². The molecule has 3 aromatic rings. The number of hydrogen-bond acceptors (Lipinski definition) is 5. The zero-order valence-corrected chi connectivity index (χ0v) is 17.2. The summed E-state index contributed by atoms with van der Waals surface area (Å²) in [4.78, 5) is 21.1. The predicted octanol–water partition coefficient (Wildman–Crippen LogP) is 4.78. The smallest absolute Gasteiger partial charge is 0.343 e. The van der Waals surface area contributed by atoms with E-state index in [1.807, 2.05) is 0 Å². The van der Waals surface area contributed by atoms with Gasteiger partial charge in [-0.25, -0.2) is 4.98 Å². The fourth-order valence-electron chi connectivity index (χ4n) is 3.45. The minimum Gasteiger partial charge on any atom is -0.343 e. The van der Waals surface area contributed by atoms with Gasteiger partial charge in [0.05, 0.1) is 16.6 Å². The van der Waals surface area contributed by atoms with Crippen LogP contribution in [0.1, 0.15) is 51.3 Å². The molecular formula is C19H15F6N5OS. The Morgan fingerprint density at radius 1 is 1.16 bits per heavy atom. The summed E-state index contributed by atoms with van der Waals surface area (Å²) < 4.78 is 78.4. The summed E-state index contributed by atoms with van der Waals surface area (Å²) in [5.41, 5.74) is -1.57. The van der Waals surface area contributed by atoms with Crippen LogP contribution < -0.4 is 5.32 Å². The summed E-state index contributed by atoms with van der Waals surface area (Å²) in [5, 5.41) is 6.39. The van der Waals surface area contributed by atoms with Crippen LogP contribution in [0, 0.1) is 0 Å². The van der Waals surface area contributed by atoms with Gasteiger partial charge in [-0.1, -0.05) is 0 Å². The van der Waals surface area contributed by atoms with E-state index in [9.17, 15) is 31.1 Å². The normalized spacial score (nSPS) is 16.7. The van der Waals surface area contributed by atoms with Gasteiger partial charge >= 0.3 is 12.4 Å². The molecule has 0 saturated carbocycles. The summed E-state index contributed by atoms with van der Waals surface area (Å²) in [7, 11) is 1.24. The Morgan fingerprint density at radius 2 is 1.88 bits per heavy atom. The fraction of sp³-hybridized carbons (Fsp3) is 0.368. The number of pyridine rings is 1. The zero-order chi connectivity index (χ0) is 23.3. The van der Waals surface area contributed by atoms with Gasteiger partial charge in [0, 0.05) is 24.9 Å². The van der Waals surface area contributed by atoms with Gasteiger partial charge in [0.15, 0.2) is 5.69 Å². The maximum Gasteiger partial charge on any atom is 0.435 e. The summed E-state index contributed by atoms with van der Waals surface area (Å²) in [5.74, 6) is -0.730. The summed E-state index contributed by atoms with van der Waals surface area (Å²) in [6, 6.07) is 2.48. The number of nitrogens with zero attached hydrogens (tertiary/aromatic N) is 4. The van der Waals surface area contributed by atoms with Crippen LogP contribution in [0.3, 0.4) is 0 Å². The van der Waals surface area contributed by atoms with Crippen molar-refractivity contribution in [3.63, 3.8) is 0 Å². The first-order valence-electron chi connectivity index (χ1n) is 9.39. The molecule has 6 nitrogen and oxygen atoms in total. The monoisotopic (exact) mass is 475 g/mol. The van der Waals surface area contributed by atoms with Crippen molar-refractivity contribution in [3.8, 4) is 10.6 Å². The van der Waals surface area contributed by atoms with Crippen LogP contribution in [0.15, 0.2) is 24.4 Å². The number of hydrogen-bond donors (Lipinski definition) is 1. The SMILES string of the molecule is Cn1nc(C(F)(F)F)cc1C(=O)N[C@H]1CCCc2nc(-c3ccnc(C(F)(F)F)c3)sc21. The van der Waals surface area contributed by atoms with Crippen molar-refractivity contribution in [2.75, 3.05) is 0 Å². The number of halogens is 6. The van der Waals surface area contributed by atoms with Crippen LogP contribution in [0.4, 0.5) is 26.3 Å². The van der Waals surface area contributed by atoms with Crippen LogP contribution in [-0.2, 0) is 25.8 Å². The Hall–Kier alpha value is -2.96. The third-order valence-electron chi connectivity index (χ3n) is 4.96. The molecule has 13 heteroatoms. The van der Waals surface area contributed by atoms with Gasteiger partial charge in [-0.15, -0.1) is 11.3 Å². The van der Waals surface area contributed by atoms with Crippen LogP contribution in [0.5, 0.6) is 0 Å². The Balaban J connectivity index is 1.60. The lowest BCUT2D eigenvalue weighted by Crippen LogP contribution is -2.31. The number of carbonyl (C=O) groups is 1. The molecule has 1 atom stereocenters. The van der Waals surface area contributed by atoms with Crippen LogP contribution in [0.2, 0.25) is 0 Å². The Morgan fingerprint density at radius 3 is 2.53 bits per heavy atom. The molecule has 0 saturated heterocycles. The van der Waals surface area contributed by atoms with E-state index in [1.165, 1.54) is 13.1 Å². The minimum absolute atomic E-state index is 0.248. The molecule has 3 aromatic heterocycles. The number of alkyl halides is 6. The van der Waals surface area contributed by atoms with E-state index < -0.39 is 35.7 Å². The van der Waals surface area contributed by atoms with E-state index in [2.05, 4.69) is 20.4 Å². The number of carbonyl (C=O) groups excluding carboxylic acids is 1. The number of aryl methyl sites for hydroxylation is 2. The van der Waals surface area contributed by atoms with Crippen molar-refractivity contribution in [2.24, 2.45) is 7.05 Å². The molecule has 0 aromatic carbocycles. The van der Waals surface area contributed by atoms with Gasteiger partial charge in [0.25, 0.3) is 5.91 Å². The largest absolute Gasteiger partial charge is 0.435 e. The summed E-state index contributed by atoms with van der Waals surface area (Å²) >= 11 is 1.14. The zero-order valence-electron chi connectivity index (χ0n) is 16.4. The topological polar surface area (TPSA) is 72.7 Å². The van der Waals surface area contributed by atoms with Crippen LogP contribution in [0.25, 0.3) is 10.6 Å². The highest BCUT2D eigenvalue weighted by Crippen LogP contribution is 2.39. The molecule has 0 unspecified atom stereocenters. The summed E-state index contributed by atoms with van der Waals surface area (Å²) in [6.45, 7) is 0. The van der Waals surface area contributed by atoms with Gasteiger partial charge in [0.2, 0.25) is 0 Å². The molecule has 170 valence electrons. The van der Waals surface area contributed by atoms with E-state index >= 15 is 0 Å². The minimum atomic E-state index is -4.68.